The quantitative estimate of drug-likeness (QED) is 0.857. The Morgan fingerprint density at radius 2 is 2.17 bits per heavy atom. The van der Waals surface area contributed by atoms with E-state index in [1.165, 1.54) is 0 Å². The van der Waals surface area contributed by atoms with E-state index in [9.17, 15) is 14.7 Å². The molecule has 1 atom stereocenters. The number of amides is 2. The number of carbonyl (C=O) groups is 2. The number of aliphatic hydroxyl groups is 1. The van der Waals surface area contributed by atoms with Crippen molar-refractivity contribution in [1.82, 2.24) is 4.90 Å². The number of rotatable bonds is 5. The number of piperidine rings is 1. The van der Waals surface area contributed by atoms with Crippen molar-refractivity contribution in [3.05, 3.63) is 24.3 Å². The highest BCUT2D eigenvalue weighted by Crippen LogP contribution is 2.24. The predicted octanol–water partition coefficient (Wildman–Crippen LogP) is 1.46. The molecule has 1 aromatic carbocycles. The summed E-state index contributed by atoms with van der Waals surface area (Å²) in [5.74, 6) is 0.358. The second-order valence-electron chi connectivity index (χ2n) is 6.67. The summed E-state index contributed by atoms with van der Waals surface area (Å²) >= 11 is 0. The Hall–Kier alpha value is -1.92. The Morgan fingerprint density at radius 1 is 1.29 bits per heavy atom. The maximum atomic E-state index is 12.3. The lowest BCUT2D eigenvalue weighted by atomic mass is 9.99. The van der Waals surface area contributed by atoms with Gasteiger partial charge in [-0.05, 0) is 49.9 Å². The first-order valence-corrected chi connectivity index (χ1v) is 8.69. The number of nitrogens with zero attached hydrogens (tertiary/aromatic N) is 2. The van der Waals surface area contributed by atoms with Crippen molar-refractivity contribution in [3.63, 3.8) is 0 Å². The average molecular weight is 331 g/mol. The first-order valence-electron chi connectivity index (χ1n) is 8.69. The van der Waals surface area contributed by atoms with Crippen LogP contribution in [0.5, 0.6) is 0 Å². The highest BCUT2D eigenvalue weighted by molar-refractivity contribution is 5.97. The zero-order valence-electron chi connectivity index (χ0n) is 13.9. The molecule has 2 aliphatic heterocycles. The summed E-state index contributed by atoms with van der Waals surface area (Å²) < 4.78 is 0. The van der Waals surface area contributed by atoms with Gasteiger partial charge in [0.2, 0.25) is 11.8 Å². The molecule has 2 N–H and O–H groups in total. The molecule has 130 valence electrons. The van der Waals surface area contributed by atoms with E-state index in [1.54, 1.807) is 4.90 Å². The molecular formula is C18H25N3O3. The van der Waals surface area contributed by atoms with Crippen LogP contribution in [0.1, 0.15) is 25.7 Å². The van der Waals surface area contributed by atoms with Crippen LogP contribution >= 0.6 is 0 Å². The van der Waals surface area contributed by atoms with Gasteiger partial charge in [0.05, 0.1) is 6.54 Å². The van der Waals surface area contributed by atoms with Crippen molar-refractivity contribution in [2.45, 2.75) is 25.7 Å². The Balaban J connectivity index is 1.57. The molecule has 0 radical (unpaired) electrons. The smallest absolute Gasteiger partial charge is 0.238 e. The molecule has 0 aliphatic carbocycles. The van der Waals surface area contributed by atoms with Crippen LogP contribution in [0.3, 0.4) is 0 Å². The van der Waals surface area contributed by atoms with Crippen LogP contribution in [0.2, 0.25) is 0 Å². The summed E-state index contributed by atoms with van der Waals surface area (Å²) in [6, 6.07) is 7.46. The van der Waals surface area contributed by atoms with Gasteiger partial charge in [-0.1, -0.05) is 6.07 Å². The monoisotopic (exact) mass is 331 g/mol. The van der Waals surface area contributed by atoms with Gasteiger partial charge in [-0.25, -0.2) is 0 Å². The van der Waals surface area contributed by atoms with E-state index in [0.717, 1.165) is 44.6 Å². The Morgan fingerprint density at radius 3 is 2.92 bits per heavy atom. The molecule has 0 spiro atoms. The van der Waals surface area contributed by atoms with E-state index < -0.39 is 0 Å². The summed E-state index contributed by atoms with van der Waals surface area (Å²) in [5, 5.41) is 12.2. The van der Waals surface area contributed by atoms with Gasteiger partial charge < -0.3 is 15.3 Å². The Kier molecular flexibility index (Phi) is 5.48. The molecule has 24 heavy (non-hydrogen) atoms. The highest BCUT2D eigenvalue weighted by atomic mass is 16.3. The number of nitrogens with one attached hydrogen (secondary N) is 1. The molecule has 1 aromatic rings. The number of anilines is 2. The molecule has 0 bridgehead atoms. The van der Waals surface area contributed by atoms with Gasteiger partial charge in [-0.2, -0.15) is 0 Å². The number of hydrogen-bond donors (Lipinski definition) is 2. The van der Waals surface area contributed by atoms with Crippen LogP contribution in [0, 0.1) is 5.92 Å². The van der Waals surface area contributed by atoms with E-state index in [2.05, 4.69) is 10.2 Å². The number of likely N-dealkylation sites (tertiary alicyclic amines) is 1. The fourth-order valence-corrected chi connectivity index (χ4v) is 3.52. The Bertz CT molecular complexity index is 605. The third-order valence-corrected chi connectivity index (χ3v) is 4.74. The van der Waals surface area contributed by atoms with Crippen LogP contribution < -0.4 is 10.2 Å². The molecule has 2 aliphatic rings. The van der Waals surface area contributed by atoms with Gasteiger partial charge in [0.15, 0.2) is 0 Å². The summed E-state index contributed by atoms with van der Waals surface area (Å²) in [5.41, 5.74) is 1.56. The second-order valence-corrected chi connectivity index (χ2v) is 6.67. The summed E-state index contributed by atoms with van der Waals surface area (Å²) in [6.45, 7) is 2.93. The van der Waals surface area contributed by atoms with Crippen molar-refractivity contribution in [2.75, 3.05) is 43.0 Å². The molecule has 2 heterocycles. The molecule has 0 saturated carbocycles. The number of aliphatic hydroxyl groups excluding tert-OH is 1. The molecule has 2 amide bonds. The molecular weight excluding hydrogens is 306 g/mol. The first kappa shape index (κ1) is 16.9. The SMILES string of the molecule is O=C(CN1CCC[C@H](CO)C1)Nc1cccc(N2CCCC2=O)c1. The fourth-order valence-electron chi connectivity index (χ4n) is 3.52. The van der Waals surface area contributed by atoms with Crippen LogP contribution in [0.4, 0.5) is 11.4 Å². The Labute approximate surface area is 142 Å². The first-order chi connectivity index (χ1) is 11.7. The minimum atomic E-state index is -0.0570. The maximum absolute atomic E-state index is 12.3. The van der Waals surface area contributed by atoms with E-state index in [-0.39, 0.29) is 24.3 Å². The van der Waals surface area contributed by atoms with E-state index in [1.807, 2.05) is 24.3 Å². The van der Waals surface area contributed by atoms with Crippen molar-refractivity contribution < 1.29 is 14.7 Å². The summed E-state index contributed by atoms with van der Waals surface area (Å²) in [6.07, 6.45) is 3.53. The molecule has 0 aromatic heterocycles. The second kappa shape index (κ2) is 7.77. The lowest BCUT2D eigenvalue weighted by Gasteiger charge is -2.31. The predicted molar refractivity (Wildman–Crippen MR) is 92.9 cm³/mol. The number of hydrogen-bond acceptors (Lipinski definition) is 4. The van der Waals surface area contributed by atoms with Crippen molar-refractivity contribution >= 4 is 23.2 Å². The topological polar surface area (TPSA) is 72.9 Å². The molecule has 0 unspecified atom stereocenters. The normalized spacial score (nSPS) is 22.0. The number of carbonyl (C=O) groups excluding carboxylic acids is 2. The standard InChI is InChI=1S/C18H25N3O3/c22-13-14-4-2-8-20(11-14)12-17(23)19-15-5-1-6-16(10-15)21-9-3-7-18(21)24/h1,5-6,10,14,22H,2-4,7-9,11-13H2,(H,19,23)/t14-/m0/s1. The molecule has 6 heteroatoms. The van der Waals surface area contributed by atoms with Crippen LogP contribution in [-0.4, -0.2) is 54.6 Å². The van der Waals surface area contributed by atoms with Crippen LogP contribution in [0.15, 0.2) is 24.3 Å². The lowest BCUT2D eigenvalue weighted by Crippen LogP contribution is -2.41. The van der Waals surface area contributed by atoms with Gasteiger partial charge in [-0.15, -0.1) is 0 Å². The minimum absolute atomic E-state index is 0.0570. The van der Waals surface area contributed by atoms with E-state index in [0.29, 0.717) is 18.7 Å². The van der Waals surface area contributed by atoms with Gasteiger partial charge >= 0.3 is 0 Å². The van der Waals surface area contributed by atoms with Gasteiger partial charge in [-0.3, -0.25) is 14.5 Å². The number of benzene rings is 1. The lowest BCUT2D eigenvalue weighted by molar-refractivity contribution is -0.118. The van der Waals surface area contributed by atoms with E-state index >= 15 is 0 Å². The molecule has 2 saturated heterocycles. The maximum Gasteiger partial charge on any atom is 0.238 e. The molecule has 6 nitrogen and oxygen atoms in total. The summed E-state index contributed by atoms with van der Waals surface area (Å²) in [4.78, 5) is 28.0. The fraction of sp³-hybridized carbons (Fsp3) is 0.556. The van der Waals surface area contributed by atoms with Gasteiger partial charge in [0.1, 0.15) is 0 Å². The van der Waals surface area contributed by atoms with Gasteiger partial charge in [0, 0.05) is 37.5 Å². The van der Waals surface area contributed by atoms with Gasteiger partial charge in [0.25, 0.3) is 0 Å². The van der Waals surface area contributed by atoms with Crippen LogP contribution in [0.25, 0.3) is 0 Å². The van der Waals surface area contributed by atoms with Crippen molar-refractivity contribution in [2.24, 2.45) is 5.92 Å². The van der Waals surface area contributed by atoms with Crippen molar-refractivity contribution in [3.8, 4) is 0 Å². The van der Waals surface area contributed by atoms with E-state index in [4.69, 9.17) is 0 Å². The molecule has 3 rings (SSSR count). The highest BCUT2D eigenvalue weighted by Gasteiger charge is 2.23. The third kappa shape index (κ3) is 4.13. The minimum Gasteiger partial charge on any atom is -0.396 e. The zero-order valence-corrected chi connectivity index (χ0v) is 13.9. The third-order valence-electron chi connectivity index (χ3n) is 4.74. The zero-order chi connectivity index (χ0) is 16.9. The average Bonchev–Trinajstić information content (AvgIpc) is 3.01. The molecule has 2 fully saturated rings. The largest absolute Gasteiger partial charge is 0.396 e. The summed E-state index contributed by atoms with van der Waals surface area (Å²) in [7, 11) is 0. The van der Waals surface area contributed by atoms with Crippen LogP contribution in [-0.2, 0) is 9.59 Å². The van der Waals surface area contributed by atoms with Crippen molar-refractivity contribution in [1.29, 1.82) is 0 Å².